The van der Waals surface area contributed by atoms with Gasteiger partial charge in [-0.25, -0.2) is 4.98 Å². The lowest BCUT2D eigenvalue weighted by atomic mass is 9.97. The third-order valence-corrected chi connectivity index (χ3v) is 8.33. The van der Waals surface area contributed by atoms with Crippen LogP contribution >= 0.6 is 12.2 Å². The summed E-state index contributed by atoms with van der Waals surface area (Å²) in [6.07, 6.45) is -0.421. The van der Waals surface area contributed by atoms with Crippen LogP contribution in [0.4, 0.5) is 13.2 Å². The van der Waals surface area contributed by atoms with E-state index in [4.69, 9.17) is 17.5 Å². The van der Waals surface area contributed by atoms with Crippen molar-refractivity contribution in [1.82, 2.24) is 25.1 Å². The van der Waals surface area contributed by atoms with Crippen LogP contribution in [0.5, 0.6) is 0 Å². The lowest BCUT2D eigenvalue weighted by molar-refractivity contribution is -0.138. The van der Waals surface area contributed by atoms with Crippen molar-refractivity contribution in [3.8, 4) is 6.07 Å². The van der Waals surface area contributed by atoms with Gasteiger partial charge in [0, 0.05) is 44.1 Å². The van der Waals surface area contributed by atoms with Crippen molar-refractivity contribution in [2.75, 3.05) is 6.54 Å². The number of thiocarbonyl (C=S) groups is 1. The lowest BCUT2D eigenvalue weighted by Crippen LogP contribution is -2.51. The molecule has 11 heteroatoms. The Bertz CT molecular complexity index is 1630. The van der Waals surface area contributed by atoms with Gasteiger partial charge in [-0.3, -0.25) is 4.79 Å². The molecular weight excluding hydrogens is 609 g/mol. The maximum atomic E-state index is 13.9. The van der Waals surface area contributed by atoms with Crippen molar-refractivity contribution in [2.45, 2.75) is 58.5 Å². The normalized spacial score (nSPS) is 12.5. The van der Waals surface area contributed by atoms with Gasteiger partial charge in [0.25, 0.3) is 0 Å². The standard InChI is InChI=1S/C35H37F3N6OS/c1-3-25(2)32(42-33(45)17-30-20-40-24-44(30)21-28-15-13-26(18-39)14-16-28)23-43(34(46)41-19-27-9-5-4-6-10-27)22-29-11-7-8-12-31(29)35(36,37)38/h4-16,20,24-25,32H,3,17,19,21-23H2,1-2H3,(H,41,46)(H,42,45)/t25-,32+/m0/s1. The van der Waals surface area contributed by atoms with Crippen LogP contribution in [0, 0.1) is 17.2 Å². The third-order valence-electron chi connectivity index (χ3n) is 7.93. The zero-order chi connectivity index (χ0) is 33.1. The van der Waals surface area contributed by atoms with E-state index < -0.39 is 17.8 Å². The molecule has 0 spiro atoms. The molecule has 46 heavy (non-hydrogen) atoms. The topological polar surface area (TPSA) is 86.0 Å². The number of imidazole rings is 1. The van der Waals surface area contributed by atoms with E-state index in [2.05, 4.69) is 21.7 Å². The zero-order valence-corrected chi connectivity index (χ0v) is 26.6. The number of carbonyl (C=O) groups is 1. The summed E-state index contributed by atoms with van der Waals surface area (Å²) in [5.74, 6) is -0.226. The number of aromatic nitrogens is 2. The van der Waals surface area contributed by atoms with E-state index in [1.54, 1.807) is 35.6 Å². The van der Waals surface area contributed by atoms with Crippen LogP contribution in [0.25, 0.3) is 0 Å². The fraction of sp³-hybridized carbons (Fsp3) is 0.314. The van der Waals surface area contributed by atoms with Gasteiger partial charge in [-0.05, 0) is 53.0 Å². The monoisotopic (exact) mass is 646 g/mol. The van der Waals surface area contributed by atoms with Gasteiger partial charge in [-0.2, -0.15) is 18.4 Å². The SMILES string of the molecule is CC[C@H](C)[C@@H](CN(Cc1ccccc1C(F)(F)F)C(=S)NCc1ccccc1)NC(=O)Cc1cncn1Cc1ccc(C#N)cc1. The second-order valence-electron chi connectivity index (χ2n) is 11.2. The lowest BCUT2D eigenvalue weighted by Gasteiger charge is -2.34. The second kappa shape index (κ2) is 16.0. The predicted octanol–water partition coefficient (Wildman–Crippen LogP) is 6.47. The molecule has 4 rings (SSSR count). The Morgan fingerprint density at radius 3 is 2.41 bits per heavy atom. The van der Waals surface area contributed by atoms with Gasteiger partial charge in [-0.15, -0.1) is 0 Å². The molecule has 2 atom stereocenters. The molecule has 1 heterocycles. The third kappa shape index (κ3) is 9.65. The predicted molar refractivity (Wildman–Crippen MR) is 175 cm³/mol. The number of amides is 1. The largest absolute Gasteiger partial charge is 0.416 e. The number of hydrogen-bond donors (Lipinski definition) is 2. The second-order valence-corrected chi connectivity index (χ2v) is 11.6. The van der Waals surface area contributed by atoms with E-state index in [9.17, 15) is 18.0 Å². The van der Waals surface area contributed by atoms with Crippen molar-refractivity contribution in [3.05, 3.63) is 125 Å². The number of rotatable bonds is 13. The van der Waals surface area contributed by atoms with Gasteiger partial charge in [0.05, 0.1) is 29.9 Å². The highest BCUT2D eigenvalue weighted by atomic mass is 32.1. The van der Waals surface area contributed by atoms with Gasteiger partial charge in [0.2, 0.25) is 5.91 Å². The molecule has 7 nitrogen and oxygen atoms in total. The number of nitrogens with zero attached hydrogens (tertiary/aromatic N) is 4. The highest BCUT2D eigenvalue weighted by molar-refractivity contribution is 7.80. The first kappa shape index (κ1) is 34.2. The molecule has 0 fully saturated rings. The van der Waals surface area contributed by atoms with Crippen LogP contribution < -0.4 is 10.6 Å². The molecule has 0 aliphatic carbocycles. The molecule has 2 N–H and O–H groups in total. The maximum absolute atomic E-state index is 13.9. The smallest absolute Gasteiger partial charge is 0.358 e. The number of alkyl halides is 3. The van der Waals surface area contributed by atoms with Crippen molar-refractivity contribution in [1.29, 1.82) is 5.26 Å². The van der Waals surface area contributed by atoms with Crippen LogP contribution in [-0.4, -0.2) is 38.1 Å². The Labute approximate surface area is 273 Å². The Morgan fingerprint density at radius 2 is 1.74 bits per heavy atom. The van der Waals surface area contributed by atoms with E-state index in [0.29, 0.717) is 29.5 Å². The van der Waals surface area contributed by atoms with Gasteiger partial charge in [0.15, 0.2) is 5.11 Å². The van der Waals surface area contributed by atoms with Crippen LogP contribution in [-0.2, 0) is 37.0 Å². The molecule has 0 radical (unpaired) electrons. The fourth-order valence-corrected chi connectivity index (χ4v) is 5.29. The number of nitrogens with one attached hydrogen (secondary N) is 2. The van der Waals surface area contributed by atoms with Crippen LogP contribution in [0.3, 0.4) is 0 Å². The first-order valence-corrected chi connectivity index (χ1v) is 15.5. The van der Waals surface area contributed by atoms with E-state index in [1.807, 2.05) is 60.9 Å². The van der Waals surface area contributed by atoms with Crippen molar-refractivity contribution in [2.24, 2.45) is 5.92 Å². The van der Waals surface area contributed by atoms with Gasteiger partial charge in [-0.1, -0.05) is 80.9 Å². The first-order valence-electron chi connectivity index (χ1n) is 15.1. The molecule has 3 aromatic carbocycles. The first-order chi connectivity index (χ1) is 22.1. The van der Waals surface area contributed by atoms with Gasteiger partial charge in [0.1, 0.15) is 0 Å². The summed E-state index contributed by atoms with van der Waals surface area (Å²) in [6.45, 7) is 5.01. The number of carbonyl (C=O) groups excluding carboxylic acids is 1. The molecule has 240 valence electrons. The number of nitriles is 1. The minimum Gasteiger partial charge on any atom is -0.358 e. The minimum absolute atomic E-state index is 0.00444. The van der Waals surface area contributed by atoms with Crippen molar-refractivity contribution < 1.29 is 18.0 Å². The number of hydrogen-bond acceptors (Lipinski definition) is 4. The molecule has 1 aromatic heterocycles. The Balaban J connectivity index is 1.51. The Kier molecular flexibility index (Phi) is 11.9. The minimum atomic E-state index is -4.52. The van der Waals surface area contributed by atoms with E-state index in [0.717, 1.165) is 23.6 Å². The zero-order valence-electron chi connectivity index (χ0n) is 25.8. The molecule has 0 aliphatic heterocycles. The number of benzene rings is 3. The van der Waals surface area contributed by atoms with Crippen molar-refractivity contribution >= 4 is 23.2 Å². The molecule has 0 unspecified atom stereocenters. The van der Waals surface area contributed by atoms with Crippen LogP contribution in [0.15, 0.2) is 91.4 Å². The Hall–Kier alpha value is -4.69. The molecule has 0 saturated carbocycles. The summed E-state index contributed by atoms with van der Waals surface area (Å²) in [6, 6.07) is 24.0. The molecule has 4 aromatic rings. The average molecular weight is 647 g/mol. The molecule has 1 amide bonds. The summed E-state index contributed by atoms with van der Waals surface area (Å²) >= 11 is 5.75. The average Bonchev–Trinajstić information content (AvgIpc) is 3.48. The molecule has 0 aliphatic rings. The summed E-state index contributed by atoms with van der Waals surface area (Å²) < 4.78 is 43.7. The summed E-state index contributed by atoms with van der Waals surface area (Å²) in [5.41, 5.74) is 2.59. The van der Waals surface area contributed by atoms with Crippen LogP contribution in [0.2, 0.25) is 0 Å². The van der Waals surface area contributed by atoms with E-state index >= 15 is 0 Å². The number of halogens is 3. The fourth-order valence-electron chi connectivity index (χ4n) is 5.08. The highest BCUT2D eigenvalue weighted by Gasteiger charge is 2.34. The maximum Gasteiger partial charge on any atom is 0.416 e. The van der Waals surface area contributed by atoms with E-state index in [-0.39, 0.29) is 36.9 Å². The summed E-state index contributed by atoms with van der Waals surface area (Å²) in [5, 5.41) is 15.7. The molecule has 0 bridgehead atoms. The van der Waals surface area contributed by atoms with Crippen LogP contribution in [0.1, 0.15) is 53.8 Å². The summed E-state index contributed by atoms with van der Waals surface area (Å²) in [7, 11) is 0. The van der Waals surface area contributed by atoms with E-state index in [1.165, 1.54) is 12.1 Å². The summed E-state index contributed by atoms with van der Waals surface area (Å²) in [4.78, 5) is 19.4. The highest BCUT2D eigenvalue weighted by Crippen LogP contribution is 2.32. The van der Waals surface area contributed by atoms with Gasteiger partial charge < -0.3 is 20.1 Å². The quantitative estimate of drug-likeness (QED) is 0.162. The molecular formula is C35H37F3N6OS. The van der Waals surface area contributed by atoms with Crippen molar-refractivity contribution in [3.63, 3.8) is 0 Å². The van der Waals surface area contributed by atoms with Gasteiger partial charge >= 0.3 is 6.18 Å². The molecule has 0 saturated heterocycles. The Morgan fingerprint density at radius 1 is 1.04 bits per heavy atom.